The molecule has 1 aliphatic rings. The quantitative estimate of drug-likeness (QED) is 0.621. The molecule has 0 amide bonds. The molecule has 1 rings (SSSR count). The summed E-state index contributed by atoms with van der Waals surface area (Å²) in [6, 6.07) is 1.51. The molecule has 1 heteroatoms. The minimum absolute atomic E-state index is 0.710. The van der Waals surface area contributed by atoms with Crippen LogP contribution in [-0.4, -0.2) is 12.1 Å². The summed E-state index contributed by atoms with van der Waals surface area (Å²) in [4.78, 5) is 0. The normalized spacial score (nSPS) is 26.1. The third-order valence-electron chi connectivity index (χ3n) is 4.53. The average Bonchev–Trinajstić information content (AvgIpc) is 2.27. The Morgan fingerprint density at radius 2 is 1.68 bits per heavy atom. The van der Waals surface area contributed by atoms with E-state index in [0.29, 0.717) is 6.04 Å². The molecule has 0 spiro atoms. The molecule has 0 saturated heterocycles. The second-order valence-corrected chi connectivity index (χ2v) is 7.75. The summed E-state index contributed by atoms with van der Waals surface area (Å²) in [6.07, 6.45) is 11.3. The highest BCUT2D eigenvalue weighted by Gasteiger charge is 2.23. The van der Waals surface area contributed by atoms with E-state index in [9.17, 15) is 0 Å². The molecular formula is C18H37N. The second kappa shape index (κ2) is 9.00. The highest BCUT2D eigenvalue weighted by atomic mass is 14.9. The van der Waals surface area contributed by atoms with E-state index < -0.39 is 0 Å². The van der Waals surface area contributed by atoms with Crippen LogP contribution in [0.1, 0.15) is 86.0 Å². The molecule has 1 fully saturated rings. The molecular weight excluding hydrogens is 230 g/mol. The Labute approximate surface area is 121 Å². The molecule has 0 aromatic rings. The highest BCUT2D eigenvalue weighted by Crippen LogP contribution is 2.29. The standard InChI is InChI=1S/C18H37N/c1-14(2)8-6-9-16(5)19-18-11-7-10-17(13-18)12-15(3)4/h14-19H,6-13H2,1-5H3. The van der Waals surface area contributed by atoms with Gasteiger partial charge >= 0.3 is 0 Å². The van der Waals surface area contributed by atoms with Crippen LogP contribution in [0.25, 0.3) is 0 Å². The number of hydrogen-bond donors (Lipinski definition) is 1. The first kappa shape index (κ1) is 17.0. The van der Waals surface area contributed by atoms with E-state index in [-0.39, 0.29) is 0 Å². The van der Waals surface area contributed by atoms with Crippen LogP contribution in [0, 0.1) is 17.8 Å². The van der Waals surface area contributed by atoms with Crippen LogP contribution < -0.4 is 5.32 Å². The molecule has 0 aliphatic heterocycles. The fourth-order valence-electron chi connectivity index (χ4n) is 3.64. The molecule has 0 bridgehead atoms. The van der Waals surface area contributed by atoms with Crippen LogP contribution >= 0.6 is 0 Å². The molecule has 1 N–H and O–H groups in total. The first-order valence-electron chi connectivity index (χ1n) is 8.73. The van der Waals surface area contributed by atoms with Crippen molar-refractivity contribution in [2.24, 2.45) is 17.8 Å². The van der Waals surface area contributed by atoms with Crippen LogP contribution in [0.5, 0.6) is 0 Å². The molecule has 0 heterocycles. The van der Waals surface area contributed by atoms with Crippen LogP contribution in [0.3, 0.4) is 0 Å². The number of nitrogens with one attached hydrogen (secondary N) is 1. The minimum atomic E-state index is 0.710. The monoisotopic (exact) mass is 267 g/mol. The fraction of sp³-hybridized carbons (Fsp3) is 1.00. The van der Waals surface area contributed by atoms with Crippen LogP contribution in [-0.2, 0) is 0 Å². The zero-order valence-electron chi connectivity index (χ0n) is 14.0. The molecule has 114 valence electrons. The molecule has 1 nitrogen and oxygen atoms in total. The van der Waals surface area contributed by atoms with Crippen molar-refractivity contribution in [1.29, 1.82) is 0 Å². The Morgan fingerprint density at radius 3 is 2.32 bits per heavy atom. The van der Waals surface area contributed by atoms with Gasteiger partial charge in [0.05, 0.1) is 0 Å². The van der Waals surface area contributed by atoms with Crippen LogP contribution in [0.2, 0.25) is 0 Å². The lowest BCUT2D eigenvalue weighted by molar-refractivity contribution is 0.238. The summed E-state index contributed by atoms with van der Waals surface area (Å²) < 4.78 is 0. The van der Waals surface area contributed by atoms with Crippen LogP contribution in [0.15, 0.2) is 0 Å². The van der Waals surface area contributed by atoms with E-state index in [4.69, 9.17) is 0 Å². The van der Waals surface area contributed by atoms with Gasteiger partial charge in [-0.15, -0.1) is 0 Å². The van der Waals surface area contributed by atoms with Gasteiger partial charge in [-0.05, 0) is 50.4 Å². The Bertz CT molecular complexity index is 222. The van der Waals surface area contributed by atoms with Crippen molar-refractivity contribution in [2.45, 2.75) is 98.1 Å². The Morgan fingerprint density at radius 1 is 0.947 bits per heavy atom. The van der Waals surface area contributed by atoms with E-state index in [1.165, 1.54) is 51.4 Å². The summed E-state index contributed by atoms with van der Waals surface area (Å²) in [5.41, 5.74) is 0. The lowest BCUT2D eigenvalue weighted by Crippen LogP contribution is -2.40. The average molecular weight is 268 g/mol. The van der Waals surface area contributed by atoms with Gasteiger partial charge in [-0.3, -0.25) is 0 Å². The molecule has 19 heavy (non-hydrogen) atoms. The number of rotatable bonds is 8. The van der Waals surface area contributed by atoms with Gasteiger partial charge < -0.3 is 5.32 Å². The molecule has 1 saturated carbocycles. The van der Waals surface area contributed by atoms with Crippen molar-refractivity contribution in [3.8, 4) is 0 Å². The molecule has 3 atom stereocenters. The maximum absolute atomic E-state index is 3.90. The highest BCUT2D eigenvalue weighted by molar-refractivity contribution is 4.80. The summed E-state index contributed by atoms with van der Waals surface area (Å²) in [5.74, 6) is 2.71. The van der Waals surface area contributed by atoms with E-state index in [1.807, 2.05) is 0 Å². The van der Waals surface area contributed by atoms with E-state index >= 15 is 0 Å². The topological polar surface area (TPSA) is 12.0 Å². The van der Waals surface area contributed by atoms with Gasteiger partial charge in [0.25, 0.3) is 0 Å². The predicted octanol–water partition coefficient (Wildman–Crippen LogP) is 5.40. The van der Waals surface area contributed by atoms with E-state index in [0.717, 1.165) is 23.8 Å². The summed E-state index contributed by atoms with van der Waals surface area (Å²) in [5, 5.41) is 3.90. The maximum Gasteiger partial charge on any atom is 0.00721 e. The van der Waals surface area contributed by atoms with Crippen LogP contribution in [0.4, 0.5) is 0 Å². The summed E-state index contributed by atoms with van der Waals surface area (Å²) in [6.45, 7) is 11.8. The van der Waals surface area contributed by atoms with Gasteiger partial charge in [0.15, 0.2) is 0 Å². The first-order chi connectivity index (χ1) is 8.97. The second-order valence-electron chi connectivity index (χ2n) is 7.75. The summed E-state index contributed by atoms with van der Waals surface area (Å²) >= 11 is 0. The van der Waals surface area contributed by atoms with E-state index in [2.05, 4.69) is 39.9 Å². The Balaban J connectivity index is 2.20. The van der Waals surface area contributed by atoms with E-state index in [1.54, 1.807) is 0 Å². The zero-order valence-corrected chi connectivity index (χ0v) is 14.0. The largest absolute Gasteiger partial charge is 0.311 e. The van der Waals surface area contributed by atoms with Gasteiger partial charge in [0.1, 0.15) is 0 Å². The fourth-order valence-corrected chi connectivity index (χ4v) is 3.64. The van der Waals surface area contributed by atoms with Gasteiger partial charge in [0, 0.05) is 12.1 Å². The zero-order chi connectivity index (χ0) is 14.3. The smallest absolute Gasteiger partial charge is 0.00721 e. The Kier molecular flexibility index (Phi) is 8.06. The van der Waals surface area contributed by atoms with Crippen molar-refractivity contribution in [1.82, 2.24) is 5.32 Å². The predicted molar refractivity (Wildman–Crippen MR) is 86.5 cm³/mol. The Hall–Kier alpha value is -0.0400. The van der Waals surface area contributed by atoms with Crippen molar-refractivity contribution in [3.05, 3.63) is 0 Å². The SMILES string of the molecule is CC(C)CCCC(C)NC1CCCC(CC(C)C)C1. The van der Waals surface area contributed by atoms with Gasteiger partial charge in [-0.25, -0.2) is 0 Å². The lowest BCUT2D eigenvalue weighted by Gasteiger charge is -2.33. The molecule has 1 aliphatic carbocycles. The minimum Gasteiger partial charge on any atom is -0.311 e. The van der Waals surface area contributed by atoms with Crippen molar-refractivity contribution in [2.75, 3.05) is 0 Å². The molecule has 0 aromatic carbocycles. The molecule has 0 radical (unpaired) electrons. The van der Waals surface area contributed by atoms with Crippen molar-refractivity contribution >= 4 is 0 Å². The maximum atomic E-state index is 3.90. The molecule has 3 unspecified atom stereocenters. The third kappa shape index (κ3) is 7.97. The van der Waals surface area contributed by atoms with Gasteiger partial charge in [-0.1, -0.05) is 53.4 Å². The first-order valence-corrected chi connectivity index (χ1v) is 8.73. The summed E-state index contributed by atoms with van der Waals surface area (Å²) in [7, 11) is 0. The number of hydrogen-bond acceptors (Lipinski definition) is 1. The van der Waals surface area contributed by atoms with Crippen molar-refractivity contribution in [3.63, 3.8) is 0 Å². The molecule has 0 aromatic heterocycles. The van der Waals surface area contributed by atoms with Gasteiger partial charge in [0.2, 0.25) is 0 Å². The van der Waals surface area contributed by atoms with Gasteiger partial charge in [-0.2, -0.15) is 0 Å². The third-order valence-corrected chi connectivity index (χ3v) is 4.53. The van der Waals surface area contributed by atoms with Crippen molar-refractivity contribution < 1.29 is 0 Å². The lowest BCUT2D eigenvalue weighted by atomic mass is 9.81.